The van der Waals surface area contributed by atoms with Crippen molar-refractivity contribution in [3.8, 4) is 0 Å². The summed E-state index contributed by atoms with van der Waals surface area (Å²) in [4.78, 5) is 0. The second-order valence-electron chi connectivity index (χ2n) is 1.77. The van der Waals surface area contributed by atoms with Gasteiger partial charge in [-0.2, -0.15) is 0 Å². The summed E-state index contributed by atoms with van der Waals surface area (Å²) in [5.74, 6) is 0. The number of hydrogen-bond acceptors (Lipinski definition) is 1. The van der Waals surface area contributed by atoms with Gasteiger partial charge in [0, 0.05) is 6.61 Å². The monoisotopic (exact) mass is 114 g/mol. The molecule has 0 bridgehead atoms. The molecule has 0 aromatic carbocycles. The first kappa shape index (κ1) is 7.70. The van der Waals surface area contributed by atoms with Crippen molar-refractivity contribution in [3.05, 3.63) is 11.6 Å². The van der Waals surface area contributed by atoms with Crippen LogP contribution in [0.1, 0.15) is 20.8 Å². The van der Waals surface area contributed by atoms with E-state index in [0.29, 0.717) is 0 Å². The van der Waals surface area contributed by atoms with E-state index < -0.39 is 0 Å². The van der Waals surface area contributed by atoms with Crippen LogP contribution >= 0.6 is 0 Å². The molecule has 48 valence electrons. The third kappa shape index (κ3) is 3.88. The maximum absolute atomic E-state index is 5.12. The summed E-state index contributed by atoms with van der Waals surface area (Å²) in [6.07, 6.45) is 2.07. The minimum absolute atomic E-state index is 0.785. The normalized spacial score (nSPS) is 12.1. The van der Waals surface area contributed by atoms with Crippen LogP contribution in [0.15, 0.2) is 11.6 Å². The van der Waals surface area contributed by atoms with Gasteiger partial charge in [0.15, 0.2) is 0 Å². The van der Waals surface area contributed by atoms with Gasteiger partial charge < -0.3 is 4.74 Å². The van der Waals surface area contributed by atoms with E-state index >= 15 is 0 Å². The molecule has 0 fully saturated rings. The average molecular weight is 114 g/mol. The Bertz CT molecular complexity index is 74.5. The highest BCUT2D eigenvalue weighted by molar-refractivity contribution is 4.95. The van der Waals surface area contributed by atoms with Crippen molar-refractivity contribution in [3.63, 3.8) is 0 Å². The van der Waals surface area contributed by atoms with Crippen LogP contribution in [0.4, 0.5) is 0 Å². The summed E-state index contributed by atoms with van der Waals surface area (Å²) < 4.78 is 5.12. The lowest BCUT2D eigenvalue weighted by molar-refractivity contribution is 0.171. The molecule has 8 heavy (non-hydrogen) atoms. The van der Waals surface area contributed by atoms with Crippen LogP contribution in [0.3, 0.4) is 0 Å². The third-order valence-electron chi connectivity index (χ3n) is 1.03. The second-order valence-corrected chi connectivity index (χ2v) is 1.77. The molecule has 0 saturated heterocycles. The number of ether oxygens (including phenoxy) is 1. The Morgan fingerprint density at radius 1 is 1.62 bits per heavy atom. The predicted molar refractivity (Wildman–Crippen MR) is 35.9 cm³/mol. The van der Waals surface area contributed by atoms with Gasteiger partial charge in [0.25, 0.3) is 0 Å². The van der Waals surface area contributed by atoms with E-state index in [1.165, 1.54) is 5.57 Å². The summed E-state index contributed by atoms with van der Waals surface area (Å²) in [7, 11) is 0. The van der Waals surface area contributed by atoms with Crippen molar-refractivity contribution in [1.82, 2.24) is 0 Å². The summed E-state index contributed by atoms with van der Waals surface area (Å²) in [6, 6.07) is 0. The Morgan fingerprint density at radius 2 is 2.25 bits per heavy atom. The molecule has 0 aliphatic carbocycles. The molecule has 0 aromatic heterocycles. The smallest absolute Gasteiger partial charge is 0.0673 e. The van der Waals surface area contributed by atoms with E-state index in [4.69, 9.17) is 4.74 Å². The van der Waals surface area contributed by atoms with Crippen molar-refractivity contribution in [2.45, 2.75) is 20.8 Å². The number of hydrogen-bond donors (Lipinski definition) is 0. The Hall–Kier alpha value is -0.300. The lowest BCUT2D eigenvalue weighted by Gasteiger charge is -1.97. The van der Waals surface area contributed by atoms with E-state index in [2.05, 4.69) is 13.0 Å². The predicted octanol–water partition coefficient (Wildman–Crippen LogP) is 1.99. The van der Waals surface area contributed by atoms with Crippen molar-refractivity contribution < 1.29 is 4.74 Å². The second kappa shape index (κ2) is 4.85. The fourth-order valence-electron chi connectivity index (χ4n) is 0.346. The first-order valence-corrected chi connectivity index (χ1v) is 3.00. The topological polar surface area (TPSA) is 9.23 Å². The first-order chi connectivity index (χ1) is 3.81. The fraction of sp³-hybridized carbons (Fsp3) is 0.714. The molecular weight excluding hydrogens is 100 g/mol. The van der Waals surface area contributed by atoms with E-state index in [0.717, 1.165) is 13.2 Å². The molecule has 0 amide bonds. The zero-order valence-electron chi connectivity index (χ0n) is 5.90. The van der Waals surface area contributed by atoms with Crippen LogP contribution in [-0.2, 0) is 4.74 Å². The lowest BCUT2D eigenvalue weighted by Crippen LogP contribution is -1.93. The van der Waals surface area contributed by atoms with Crippen molar-refractivity contribution in [2.24, 2.45) is 0 Å². The van der Waals surface area contributed by atoms with E-state index in [-0.39, 0.29) is 0 Å². The van der Waals surface area contributed by atoms with Gasteiger partial charge in [-0.1, -0.05) is 11.6 Å². The van der Waals surface area contributed by atoms with E-state index in [1.54, 1.807) is 0 Å². The third-order valence-corrected chi connectivity index (χ3v) is 1.03. The summed E-state index contributed by atoms with van der Waals surface area (Å²) >= 11 is 0. The van der Waals surface area contributed by atoms with Gasteiger partial charge in [-0.3, -0.25) is 0 Å². The van der Waals surface area contributed by atoms with Gasteiger partial charge in [-0.15, -0.1) is 0 Å². The molecule has 0 rings (SSSR count). The Kier molecular flexibility index (Phi) is 4.67. The molecule has 0 N–H and O–H groups in total. The number of allylic oxidation sites excluding steroid dienone is 1. The minimum atomic E-state index is 0.785. The van der Waals surface area contributed by atoms with Gasteiger partial charge >= 0.3 is 0 Å². The van der Waals surface area contributed by atoms with Crippen molar-refractivity contribution in [1.29, 1.82) is 0 Å². The first-order valence-electron chi connectivity index (χ1n) is 3.00. The van der Waals surface area contributed by atoms with Gasteiger partial charge in [0.05, 0.1) is 6.61 Å². The van der Waals surface area contributed by atoms with Crippen LogP contribution in [-0.4, -0.2) is 13.2 Å². The summed E-state index contributed by atoms with van der Waals surface area (Å²) in [5, 5.41) is 0. The van der Waals surface area contributed by atoms with Crippen molar-refractivity contribution >= 4 is 0 Å². The van der Waals surface area contributed by atoms with E-state index in [9.17, 15) is 0 Å². The standard InChI is InChI=1S/C7H14O/c1-4-7(3)6-8-5-2/h4H,5-6H2,1-3H3/b7-4-. The molecule has 1 nitrogen and oxygen atoms in total. The molecule has 0 radical (unpaired) electrons. The maximum Gasteiger partial charge on any atom is 0.0673 e. The quantitative estimate of drug-likeness (QED) is 0.510. The minimum Gasteiger partial charge on any atom is -0.377 e. The van der Waals surface area contributed by atoms with Gasteiger partial charge in [0.1, 0.15) is 0 Å². The Labute approximate surface area is 51.4 Å². The Morgan fingerprint density at radius 3 is 2.62 bits per heavy atom. The zero-order chi connectivity index (χ0) is 6.41. The maximum atomic E-state index is 5.12. The zero-order valence-corrected chi connectivity index (χ0v) is 5.90. The SMILES string of the molecule is C/C=C(/C)COCC. The van der Waals surface area contributed by atoms with Gasteiger partial charge in [-0.05, 0) is 20.8 Å². The molecule has 0 saturated carbocycles. The summed E-state index contributed by atoms with van der Waals surface area (Å²) in [5.41, 5.74) is 1.30. The van der Waals surface area contributed by atoms with Crippen LogP contribution in [0.25, 0.3) is 0 Å². The molecule has 0 spiro atoms. The molecule has 0 aromatic rings. The highest BCUT2D eigenvalue weighted by atomic mass is 16.5. The number of rotatable bonds is 3. The highest BCUT2D eigenvalue weighted by Gasteiger charge is 1.82. The fourth-order valence-corrected chi connectivity index (χ4v) is 0.346. The molecule has 1 heteroatoms. The van der Waals surface area contributed by atoms with Gasteiger partial charge in [-0.25, -0.2) is 0 Å². The molecule has 0 aliphatic heterocycles. The Balaban J connectivity index is 3.12. The molecular formula is C7H14O. The lowest BCUT2D eigenvalue weighted by atomic mass is 10.3. The molecule has 0 unspecified atom stereocenters. The highest BCUT2D eigenvalue weighted by Crippen LogP contribution is 1.90. The van der Waals surface area contributed by atoms with Crippen LogP contribution in [0, 0.1) is 0 Å². The van der Waals surface area contributed by atoms with E-state index in [1.807, 2.05) is 13.8 Å². The average Bonchev–Trinajstić information content (AvgIpc) is 1.83. The van der Waals surface area contributed by atoms with Gasteiger partial charge in [0.2, 0.25) is 0 Å². The van der Waals surface area contributed by atoms with Crippen LogP contribution < -0.4 is 0 Å². The molecule has 0 atom stereocenters. The molecule has 0 aliphatic rings. The van der Waals surface area contributed by atoms with Crippen LogP contribution in [0.2, 0.25) is 0 Å². The van der Waals surface area contributed by atoms with Crippen LogP contribution in [0.5, 0.6) is 0 Å². The van der Waals surface area contributed by atoms with Crippen molar-refractivity contribution in [2.75, 3.05) is 13.2 Å². The largest absolute Gasteiger partial charge is 0.377 e. The summed E-state index contributed by atoms with van der Waals surface area (Å²) in [6.45, 7) is 7.69. The molecule has 0 heterocycles.